The number of benzene rings is 1. The largest absolute Gasteiger partial charge is 0.387 e. The first kappa shape index (κ1) is 14.1. The Bertz CT molecular complexity index is 426. The average Bonchev–Trinajstić information content (AvgIpc) is 2.49. The summed E-state index contributed by atoms with van der Waals surface area (Å²) in [6.45, 7) is 2.21. The third-order valence-electron chi connectivity index (χ3n) is 4.56. The van der Waals surface area contributed by atoms with Crippen LogP contribution in [0.1, 0.15) is 57.1 Å². The maximum Gasteiger partial charge on any atom is 0.0976 e. The molecule has 102 valence electrons. The van der Waals surface area contributed by atoms with Crippen molar-refractivity contribution in [1.82, 2.24) is 0 Å². The minimum atomic E-state index is -0.652. The number of aliphatic hydroxyl groups is 1. The van der Waals surface area contributed by atoms with E-state index < -0.39 is 11.5 Å². The second-order valence-corrected chi connectivity index (χ2v) is 5.81. The van der Waals surface area contributed by atoms with Gasteiger partial charge in [-0.3, -0.25) is 0 Å². The van der Waals surface area contributed by atoms with Crippen molar-refractivity contribution in [2.75, 3.05) is 0 Å². The molecule has 0 saturated heterocycles. The molecule has 1 unspecified atom stereocenters. The molecule has 0 bridgehead atoms. The molecule has 0 aromatic heterocycles. The van der Waals surface area contributed by atoms with E-state index >= 15 is 0 Å². The number of nitrogens with zero attached hydrogens (tertiary/aromatic N) is 1. The zero-order chi connectivity index (χ0) is 13.7. The van der Waals surface area contributed by atoms with Crippen molar-refractivity contribution in [2.45, 2.75) is 51.6 Å². The summed E-state index contributed by atoms with van der Waals surface area (Å²) in [6.07, 6.45) is 5.61. The van der Waals surface area contributed by atoms with Gasteiger partial charge in [0.25, 0.3) is 0 Å². The zero-order valence-electron chi connectivity index (χ0n) is 11.7. The van der Waals surface area contributed by atoms with Crippen molar-refractivity contribution in [2.24, 2.45) is 11.3 Å². The normalized spacial score (nSPS) is 28.6. The van der Waals surface area contributed by atoms with Gasteiger partial charge in [-0.2, -0.15) is 5.26 Å². The van der Waals surface area contributed by atoms with Crippen LogP contribution in [-0.4, -0.2) is 5.11 Å². The predicted octanol–water partition coefficient (Wildman–Crippen LogP) is 4.22. The monoisotopic (exact) mass is 257 g/mol. The number of rotatable bonds is 4. The second-order valence-electron chi connectivity index (χ2n) is 5.81. The van der Waals surface area contributed by atoms with Gasteiger partial charge in [-0.1, -0.05) is 50.1 Å². The lowest BCUT2D eigenvalue weighted by Gasteiger charge is -2.38. The fourth-order valence-electron chi connectivity index (χ4n) is 3.29. The molecule has 2 nitrogen and oxygen atoms in total. The molecule has 1 aliphatic carbocycles. The summed E-state index contributed by atoms with van der Waals surface area (Å²) in [5, 5.41) is 20.2. The Morgan fingerprint density at radius 3 is 2.47 bits per heavy atom. The van der Waals surface area contributed by atoms with Gasteiger partial charge in [0.1, 0.15) is 0 Å². The first-order chi connectivity index (χ1) is 9.22. The van der Waals surface area contributed by atoms with Crippen molar-refractivity contribution in [3.63, 3.8) is 0 Å². The molecule has 1 fully saturated rings. The number of aliphatic hydroxyl groups excluding tert-OH is 1. The van der Waals surface area contributed by atoms with Gasteiger partial charge in [-0.15, -0.1) is 0 Å². The van der Waals surface area contributed by atoms with E-state index in [2.05, 4.69) is 13.0 Å². The standard InChI is InChI=1S/C17H23NO/c1-2-6-14-9-11-17(13-18,12-10-14)16(19)15-7-4-3-5-8-15/h3-5,7-8,14,16,19H,2,6,9-12H2,1H3. The van der Waals surface area contributed by atoms with Crippen LogP contribution in [0.15, 0.2) is 30.3 Å². The van der Waals surface area contributed by atoms with Crippen LogP contribution < -0.4 is 0 Å². The third-order valence-corrected chi connectivity index (χ3v) is 4.56. The quantitative estimate of drug-likeness (QED) is 0.877. The maximum absolute atomic E-state index is 10.6. The maximum atomic E-state index is 10.6. The van der Waals surface area contributed by atoms with Crippen LogP contribution in [0.25, 0.3) is 0 Å². The van der Waals surface area contributed by atoms with Gasteiger partial charge in [0.15, 0.2) is 0 Å². The molecule has 1 aromatic rings. The van der Waals surface area contributed by atoms with E-state index in [1.807, 2.05) is 30.3 Å². The SMILES string of the molecule is CCCC1CCC(C#N)(C(O)c2ccccc2)CC1. The fourth-order valence-corrected chi connectivity index (χ4v) is 3.29. The molecule has 1 atom stereocenters. The third kappa shape index (κ3) is 2.98. The van der Waals surface area contributed by atoms with Crippen LogP contribution in [0.4, 0.5) is 0 Å². The van der Waals surface area contributed by atoms with E-state index in [0.717, 1.165) is 37.2 Å². The smallest absolute Gasteiger partial charge is 0.0976 e. The van der Waals surface area contributed by atoms with E-state index in [-0.39, 0.29) is 0 Å². The van der Waals surface area contributed by atoms with E-state index in [9.17, 15) is 10.4 Å². The lowest BCUT2D eigenvalue weighted by atomic mass is 9.66. The average molecular weight is 257 g/mol. The lowest BCUT2D eigenvalue weighted by molar-refractivity contribution is 0.0236. The molecule has 1 N–H and O–H groups in total. The van der Waals surface area contributed by atoms with Crippen molar-refractivity contribution in [3.05, 3.63) is 35.9 Å². The highest BCUT2D eigenvalue weighted by atomic mass is 16.3. The van der Waals surface area contributed by atoms with Crippen LogP contribution >= 0.6 is 0 Å². The molecule has 2 rings (SSSR count). The summed E-state index contributed by atoms with van der Waals surface area (Å²) in [4.78, 5) is 0. The first-order valence-corrected chi connectivity index (χ1v) is 7.36. The zero-order valence-corrected chi connectivity index (χ0v) is 11.7. The van der Waals surface area contributed by atoms with Crippen molar-refractivity contribution < 1.29 is 5.11 Å². The topological polar surface area (TPSA) is 44.0 Å². The van der Waals surface area contributed by atoms with Crippen LogP contribution in [0.2, 0.25) is 0 Å². The summed E-state index contributed by atoms with van der Waals surface area (Å²) < 4.78 is 0. The first-order valence-electron chi connectivity index (χ1n) is 7.36. The molecule has 0 spiro atoms. The van der Waals surface area contributed by atoms with Gasteiger partial charge in [0.2, 0.25) is 0 Å². The van der Waals surface area contributed by atoms with Gasteiger partial charge in [0.05, 0.1) is 17.6 Å². The minimum Gasteiger partial charge on any atom is -0.387 e. The molecule has 0 aliphatic heterocycles. The summed E-state index contributed by atoms with van der Waals surface area (Å²) in [7, 11) is 0. The van der Waals surface area contributed by atoms with Crippen LogP contribution in [0.3, 0.4) is 0 Å². The van der Waals surface area contributed by atoms with Gasteiger partial charge in [-0.25, -0.2) is 0 Å². The molecule has 19 heavy (non-hydrogen) atoms. The number of hydrogen-bond donors (Lipinski definition) is 1. The Labute approximate surface area is 116 Å². The molecule has 1 aromatic carbocycles. The highest BCUT2D eigenvalue weighted by Gasteiger charge is 2.42. The van der Waals surface area contributed by atoms with Gasteiger partial charge >= 0.3 is 0 Å². The molecule has 1 aliphatic rings. The highest BCUT2D eigenvalue weighted by Crippen LogP contribution is 2.47. The van der Waals surface area contributed by atoms with Crippen LogP contribution in [0, 0.1) is 22.7 Å². The Hall–Kier alpha value is -1.33. The summed E-state index contributed by atoms with van der Waals surface area (Å²) in [5.74, 6) is 0.745. The lowest BCUT2D eigenvalue weighted by Crippen LogP contribution is -2.32. The van der Waals surface area contributed by atoms with Gasteiger partial charge in [0, 0.05) is 0 Å². The molecule has 2 heteroatoms. The van der Waals surface area contributed by atoms with Crippen LogP contribution in [-0.2, 0) is 0 Å². The Morgan fingerprint density at radius 1 is 1.32 bits per heavy atom. The molecule has 1 saturated carbocycles. The molecule has 0 heterocycles. The van der Waals surface area contributed by atoms with Gasteiger partial charge < -0.3 is 5.11 Å². The molecule has 0 amide bonds. The van der Waals surface area contributed by atoms with Crippen LogP contribution in [0.5, 0.6) is 0 Å². The Balaban J connectivity index is 2.10. The Kier molecular flexibility index (Phi) is 4.61. The predicted molar refractivity (Wildman–Crippen MR) is 76.3 cm³/mol. The highest BCUT2D eigenvalue weighted by molar-refractivity contribution is 5.23. The molecular weight excluding hydrogens is 234 g/mol. The minimum absolute atomic E-state index is 0.578. The summed E-state index contributed by atoms with van der Waals surface area (Å²) >= 11 is 0. The van der Waals surface area contributed by atoms with E-state index in [1.165, 1.54) is 12.8 Å². The van der Waals surface area contributed by atoms with Gasteiger partial charge in [-0.05, 0) is 37.2 Å². The summed E-state index contributed by atoms with van der Waals surface area (Å²) in [6, 6.07) is 12.0. The van der Waals surface area contributed by atoms with E-state index in [0.29, 0.717) is 0 Å². The van der Waals surface area contributed by atoms with Crippen molar-refractivity contribution in [1.29, 1.82) is 5.26 Å². The fraction of sp³-hybridized carbons (Fsp3) is 0.588. The number of hydrogen-bond acceptors (Lipinski definition) is 2. The second kappa shape index (κ2) is 6.21. The van der Waals surface area contributed by atoms with E-state index in [1.54, 1.807) is 0 Å². The van der Waals surface area contributed by atoms with Crippen molar-refractivity contribution >= 4 is 0 Å². The van der Waals surface area contributed by atoms with E-state index in [4.69, 9.17) is 0 Å². The summed E-state index contributed by atoms with van der Waals surface area (Å²) in [5.41, 5.74) is 0.295. The molecule has 0 radical (unpaired) electrons. The number of nitriles is 1. The molecular formula is C17H23NO. The Morgan fingerprint density at radius 2 is 1.95 bits per heavy atom. The van der Waals surface area contributed by atoms with Crippen molar-refractivity contribution in [3.8, 4) is 6.07 Å².